The smallest absolute Gasteiger partial charge is 0.339 e. The number of nitrogens with zero attached hydrogens (tertiary/aromatic N) is 2. The fraction of sp³-hybridized carbons (Fsp3) is 0.138. The first-order valence-electron chi connectivity index (χ1n) is 12.1. The van der Waals surface area contributed by atoms with Crippen LogP contribution < -0.4 is 4.90 Å². The Balaban J connectivity index is 1.53. The number of anilines is 1. The van der Waals surface area contributed by atoms with Gasteiger partial charge in [0.25, 0.3) is 10.0 Å². The summed E-state index contributed by atoms with van der Waals surface area (Å²) in [6, 6.07) is 27.6. The number of aliphatic hydroxyl groups is 1. The highest BCUT2D eigenvalue weighted by Crippen LogP contribution is 2.38. The fourth-order valence-electron chi connectivity index (χ4n) is 4.73. The number of amides is 2. The summed E-state index contributed by atoms with van der Waals surface area (Å²) >= 11 is 0. The van der Waals surface area contributed by atoms with Crippen LogP contribution in [0.4, 0.5) is 10.5 Å². The van der Waals surface area contributed by atoms with Gasteiger partial charge < -0.3 is 5.11 Å². The summed E-state index contributed by atoms with van der Waals surface area (Å²) < 4.78 is 52.2. The number of urea groups is 1. The van der Waals surface area contributed by atoms with Gasteiger partial charge >= 0.3 is 6.03 Å². The van der Waals surface area contributed by atoms with Crippen molar-refractivity contribution in [2.45, 2.75) is 22.4 Å². The molecule has 0 aliphatic carbocycles. The number of hydrogen-bond acceptors (Lipinski definition) is 6. The molecule has 1 aliphatic heterocycles. The zero-order valence-electron chi connectivity index (χ0n) is 21.0. The van der Waals surface area contributed by atoms with Gasteiger partial charge in [0, 0.05) is 11.9 Å². The molecule has 1 saturated heterocycles. The van der Waals surface area contributed by atoms with Gasteiger partial charge in [-0.3, -0.25) is 4.90 Å². The molecule has 1 fully saturated rings. The molecular formula is C29H26N2O6S2. The van der Waals surface area contributed by atoms with E-state index in [-0.39, 0.29) is 16.3 Å². The summed E-state index contributed by atoms with van der Waals surface area (Å²) in [6.07, 6.45) is 1.10. The van der Waals surface area contributed by atoms with E-state index in [0.29, 0.717) is 16.8 Å². The van der Waals surface area contributed by atoms with Gasteiger partial charge in [-0.2, -0.15) is 0 Å². The molecule has 1 N–H and O–H groups in total. The Morgan fingerprint density at radius 1 is 0.795 bits per heavy atom. The topological polar surface area (TPSA) is 112 Å². The van der Waals surface area contributed by atoms with Crippen molar-refractivity contribution in [1.82, 2.24) is 4.31 Å². The van der Waals surface area contributed by atoms with Gasteiger partial charge in [-0.05, 0) is 52.6 Å². The van der Waals surface area contributed by atoms with Gasteiger partial charge in [-0.1, -0.05) is 72.8 Å². The maximum atomic E-state index is 13.6. The molecule has 1 atom stereocenters. The summed E-state index contributed by atoms with van der Waals surface area (Å²) in [5.74, 6) is 0. The Hall–Kier alpha value is -3.99. The van der Waals surface area contributed by atoms with Crippen LogP contribution in [0, 0.1) is 0 Å². The van der Waals surface area contributed by atoms with Crippen LogP contribution in [0.25, 0.3) is 11.1 Å². The molecule has 4 aromatic carbocycles. The molecule has 0 saturated carbocycles. The molecule has 10 heteroatoms. The van der Waals surface area contributed by atoms with E-state index < -0.39 is 38.5 Å². The highest BCUT2D eigenvalue weighted by Gasteiger charge is 2.45. The Labute approximate surface area is 227 Å². The van der Waals surface area contributed by atoms with Crippen LogP contribution in [0.5, 0.6) is 0 Å². The second-order valence-corrected chi connectivity index (χ2v) is 13.1. The minimum absolute atomic E-state index is 0.0374. The minimum atomic E-state index is -4.08. The second kappa shape index (κ2) is 10.3. The minimum Gasteiger partial charge on any atom is -0.392 e. The standard InChI is InChI=1S/C29H26N2O6S2/c1-38(34,35)28-18-23(16-17-24(28)20-32)21-12-14-22(15-13-21)27-19-30(39(36,37)26-10-6-3-7-11-26)29(33)31(27)25-8-4-2-5-9-25/h2-18,27,32H,19-20H2,1H3. The van der Waals surface area contributed by atoms with Crippen molar-refractivity contribution in [3.05, 3.63) is 114 Å². The highest BCUT2D eigenvalue weighted by molar-refractivity contribution is 7.90. The molecule has 4 aromatic rings. The number of aliphatic hydroxyl groups excluding tert-OH is 1. The van der Waals surface area contributed by atoms with Crippen LogP contribution in [0.2, 0.25) is 0 Å². The third kappa shape index (κ3) is 5.06. The Morgan fingerprint density at radius 2 is 1.38 bits per heavy atom. The molecular weight excluding hydrogens is 536 g/mol. The van der Waals surface area contributed by atoms with E-state index in [2.05, 4.69) is 0 Å². The molecule has 0 aromatic heterocycles. The average molecular weight is 563 g/mol. The average Bonchev–Trinajstić information content (AvgIpc) is 3.31. The predicted molar refractivity (Wildman–Crippen MR) is 148 cm³/mol. The van der Waals surface area contributed by atoms with E-state index in [4.69, 9.17) is 0 Å². The predicted octanol–water partition coefficient (Wildman–Crippen LogP) is 4.62. The molecule has 0 radical (unpaired) electrons. The summed E-state index contributed by atoms with van der Waals surface area (Å²) in [4.78, 5) is 15.2. The zero-order chi connectivity index (χ0) is 27.8. The van der Waals surface area contributed by atoms with E-state index in [1.165, 1.54) is 23.1 Å². The van der Waals surface area contributed by atoms with E-state index in [1.54, 1.807) is 66.7 Å². The molecule has 8 nitrogen and oxygen atoms in total. The van der Waals surface area contributed by atoms with Gasteiger partial charge in [0.1, 0.15) is 0 Å². The maximum Gasteiger partial charge on any atom is 0.339 e. The van der Waals surface area contributed by atoms with Gasteiger partial charge in [0.2, 0.25) is 0 Å². The third-order valence-corrected chi connectivity index (χ3v) is 9.63. The Bertz CT molecular complexity index is 1720. The number of carbonyl (C=O) groups is 1. The van der Waals surface area contributed by atoms with E-state index in [1.807, 2.05) is 18.2 Å². The number of carbonyl (C=O) groups excluding carboxylic acids is 1. The van der Waals surface area contributed by atoms with Crippen molar-refractivity contribution in [3.63, 3.8) is 0 Å². The van der Waals surface area contributed by atoms with Crippen LogP contribution in [0.15, 0.2) is 113 Å². The quantitative estimate of drug-likeness (QED) is 0.352. The summed E-state index contributed by atoms with van der Waals surface area (Å²) in [5, 5.41) is 9.55. The number of para-hydroxylation sites is 1. The fourth-order valence-corrected chi connectivity index (χ4v) is 7.07. The first-order valence-corrected chi connectivity index (χ1v) is 15.4. The normalized spacial score (nSPS) is 16.1. The molecule has 1 aliphatic rings. The SMILES string of the molecule is CS(=O)(=O)c1cc(-c2ccc(C3CN(S(=O)(=O)c4ccccc4)C(=O)N3c3ccccc3)cc2)ccc1CO. The lowest BCUT2D eigenvalue weighted by Gasteiger charge is -2.23. The maximum absolute atomic E-state index is 13.6. The summed E-state index contributed by atoms with van der Waals surface area (Å²) in [6.45, 7) is -0.469. The van der Waals surface area contributed by atoms with Crippen molar-refractivity contribution in [2.75, 3.05) is 17.7 Å². The van der Waals surface area contributed by atoms with Crippen LogP contribution in [0.1, 0.15) is 17.2 Å². The van der Waals surface area contributed by atoms with Gasteiger partial charge in [0.05, 0.1) is 29.0 Å². The largest absolute Gasteiger partial charge is 0.392 e. The monoisotopic (exact) mass is 562 g/mol. The molecule has 0 spiro atoms. The molecule has 1 heterocycles. The van der Waals surface area contributed by atoms with Crippen LogP contribution in [-0.4, -0.2) is 45.1 Å². The lowest BCUT2D eigenvalue weighted by Crippen LogP contribution is -2.36. The number of hydrogen-bond donors (Lipinski definition) is 1. The first-order chi connectivity index (χ1) is 18.6. The molecule has 1 unspecified atom stereocenters. The van der Waals surface area contributed by atoms with Crippen molar-refractivity contribution in [2.24, 2.45) is 0 Å². The molecule has 0 bridgehead atoms. The lowest BCUT2D eigenvalue weighted by molar-refractivity contribution is 0.239. The van der Waals surface area contributed by atoms with Crippen molar-refractivity contribution < 1.29 is 26.7 Å². The summed E-state index contributed by atoms with van der Waals surface area (Å²) in [5.41, 5.74) is 2.99. The van der Waals surface area contributed by atoms with Crippen molar-refractivity contribution in [3.8, 4) is 11.1 Å². The summed E-state index contributed by atoms with van der Waals surface area (Å²) in [7, 11) is -7.63. The van der Waals surface area contributed by atoms with Crippen LogP contribution in [-0.2, 0) is 26.5 Å². The van der Waals surface area contributed by atoms with E-state index in [0.717, 1.165) is 21.7 Å². The Morgan fingerprint density at radius 3 is 1.97 bits per heavy atom. The molecule has 2 amide bonds. The Kier molecular flexibility index (Phi) is 7.02. The number of rotatable bonds is 7. The second-order valence-electron chi connectivity index (χ2n) is 9.23. The van der Waals surface area contributed by atoms with Gasteiger partial charge in [0.15, 0.2) is 9.84 Å². The van der Waals surface area contributed by atoms with Gasteiger partial charge in [-0.15, -0.1) is 0 Å². The van der Waals surface area contributed by atoms with Crippen molar-refractivity contribution in [1.29, 1.82) is 0 Å². The third-order valence-electron chi connectivity index (χ3n) is 6.70. The lowest BCUT2D eigenvalue weighted by atomic mass is 9.99. The molecule has 39 heavy (non-hydrogen) atoms. The van der Waals surface area contributed by atoms with Gasteiger partial charge in [-0.25, -0.2) is 25.9 Å². The van der Waals surface area contributed by atoms with Crippen LogP contribution in [0.3, 0.4) is 0 Å². The van der Waals surface area contributed by atoms with E-state index in [9.17, 15) is 26.7 Å². The molecule has 5 rings (SSSR count). The van der Waals surface area contributed by atoms with Crippen LogP contribution >= 0.6 is 0 Å². The van der Waals surface area contributed by atoms with E-state index >= 15 is 0 Å². The number of sulfonamides is 1. The van der Waals surface area contributed by atoms with Crippen molar-refractivity contribution >= 4 is 31.6 Å². The highest BCUT2D eigenvalue weighted by atomic mass is 32.2. The number of benzene rings is 4. The zero-order valence-corrected chi connectivity index (χ0v) is 22.6. The molecule has 200 valence electrons. The first kappa shape index (κ1) is 26.6. The number of sulfone groups is 1.